The van der Waals surface area contributed by atoms with Gasteiger partial charge >= 0.3 is 0 Å². The van der Waals surface area contributed by atoms with Crippen molar-refractivity contribution in [1.82, 2.24) is 14.8 Å². The molecule has 0 fully saturated rings. The number of hydrogen-bond acceptors (Lipinski definition) is 4. The van der Waals surface area contributed by atoms with Crippen LogP contribution in [0.3, 0.4) is 0 Å². The van der Waals surface area contributed by atoms with Gasteiger partial charge in [-0.15, -0.1) is 0 Å². The Kier molecular flexibility index (Phi) is 4.74. The van der Waals surface area contributed by atoms with Crippen LogP contribution >= 0.6 is 0 Å². The van der Waals surface area contributed by atoms with Crippen molar-refractivity contribution in [3.05, 3.63) is 41.9 Å². The maximum atomic E-state index is 6.07. The summed E-state index contributed by atoms with van der Waals surface area (Å²) < 4.78 is 1.81. The van der Waals surface area contributed by atoms with Crippen LogP contribution in [0.4, 0.5) is 5.82 Å². The summed E-state index contributed by atoms with van der Waals surface area (Å²) in [5, 5.41) is 4.20. The van der Waals surface area contributed by atoms with Crippen molar-refractivity contribution >= 4 is 5.82 Å². The summed E-state index contributed by atoms with van der Waals surface area (Å²) in [6.07, 6.45) is 7.57. The van der Waals surface area contributed by atoms with E-state index in [4.69, 9.17) is 5.73 Å². The lowest BCUT2D eigenvalue weighted by Gasteiger charge is -2.21. The van der Waals surface area contributed by atoms with Gasteiger partial charge in [0, 0.05) is 44.6 Å². The molecule has 2 aromatic heterocycles. The second-order valence-electron chi connectivity index (χ2n) is 5.24. The van der Waals surface area contributed by atoms with E-state index in [1.807, 2.05) is 36.4 Å². The number of aromatic nitrogens is 3. The molecule has 0 bridgehead atoms. The molecule has 0 saturated carbocycles. The third-order valence-corrected chi connectivity index (χ3v) is 3.41. The van der Waals surface area contributed by atoms with E-state index >= 15 is 0 Å². The minimum atomic E-state index is 0.185. The molecular formula is C15H23N5. The van der Waals surface area contributed by atoms with Gasteiger partial charge in [0.25, 0.3) is 0 Å². The molecule has 0 aromatic carbocycles. The first kappa shape index (κ1) is 14.5. The van der Waals surface area contributed by atoms with Gasteiger partial charge in [-0.2, -0.15) is 5.10 Å². The highest BCUT2D eigenvalue weighted by atomic mass is 15.2. The summed E-state index contributed by atoms with van der Waals surface area (Å²) in [5.41, 5.74) is 8.44. The fourth-order valence-electron chi connectivity index (χ4n) is 2.26. The molecule has 5 nitrogen and oxygen atoms in total. The monoisotopic (exact) mass is 273 g/mol. The number of nitrogens with two attached hydrogens (primary N) is 1. The third-order valence-electron chi connectivity index (χ3n) is 3.41. The smallest absolute Gasteiger partial charge is 0.131 e. The molecule has 0 aliphatic carbocycles. The molecule has 2 rings (SSSR count). The van der Waals surface area contributed by atoms with E-state index < -0.39 is 0 Å². The molecule has 0 aliphatic rings. The molecule has 108 valence electrons. The highest BCUT2D eigenvalue weighted by Crippen LogP contribution is 2.19. The van der Waals surface area contributed by atoms with E-state index in [2.05, 4.69) is 35.0 Å². The molecule has 0 amide bonds. The quantitative estimate of drug-likeness (QED) is 0.871. The van der Waals surface area contributed by atoms with Gasteiger partial charge in [0.05, 0.1) is 6.20 Å². The second kappa shape index (κ2) is 6.52. The lowest BCUT2D eigenvalue weighted by atomic mass is 10.1. The largest absolute Gasteiger partial charge is 0.355 e. The van der Waals surface area contributed by atoms with Crippen molar-refractivity contribution in [3.8, 4) is 0 Å². The van der Waals surface area contributed by atoms with Crippen molar-refractivity contribution in [1.29, 1.82) is 0 Å². The van der Waals surface area contributed by atoms with E-state index in [1.54, 1.807) is 0 Å². The predicted molar refractivity (Wildman–Crippen MR) is 81.5 cm³/mol. The van der Waals surface area contributed by atoms with Crippen LogP contribution < -0.4 is 10.6 Å². The Morgan fingerprint density at radius 3 is 2.90 bits per heavy atom. The number of anilines is 1. The zero-order valence-electron chi connectivity index (χ0n) is 12.5. The Balaban J connectivity index is 2.14. The molecular weight excluding hydrogens is 250 g/mol. The van der Waals surface area contributed by atoms with Crippen LogP contribution in [0.2, 0.25) is 0 Å². The number of rotatable bonds is 6. The fourth-order valence-corrected chi connectivity index (χ4v) is 2.26. The van der Waals surface area contributed by atoms with Crippen molar-refractivity contribution in [2.24, 2.45) is 12.8 Å². The highest BCUT2D eigenvalue weighted by molar-refractivity contribution is 5.46. The van der Waals surface area contributed by atoms with E-state index in [1.165, 1.54) is 11.1 Å². The van der Waals surface area contributed by atoms with Crippen molar-refractivity contribution in [3.63, 3.8) is 0 Å². The van der Waals surface area contributed by atoms with Crippen LogP contribution in [-0.4, -0.2) is 27.9 Å². The summed E-state index contributed by atoms with van der Waals surface area (Å²) in [6.45, 7) is 2.90. The highest BCUT2D eigenvalue weighted by Gasteiger charge is 2.12. The Bertz CT molecular complexity index is 549. The van der Waals surface area contributed by atoms with Gasteiger partial charge in [-0.05, 0) is 24.5 Å². The van der Waals surface area contributed by atoms with E-state index in [0.29, 0.717) is 0 Å². The van der Waals surface area contributed by atoms with Crippen LogP contribution in [0.25, 0.3) is 0 Å². The summed E-state index contributed by atoms with van der Waals surface area (Å²) in [4.78, 5) is 6.66. The molecule has 0 spiro atoms. The summed E-state index contributed by atoms with van der Waals surface area (Å²) in [6, 6.07) is 4.27. The van der Waals surface area contributed by atoms with Crippen LogP contribution in [0.15, 0.2) is 30.7 Å². The zero-order chi connectivity index (χ0) is 14.5. The zero-order valence-corrected chi connectivity index (χ0v) is 12.5. The lowest BCUT2D eigenvalue weighted by Crippen LogP contribution is -2.25. The van der Waals surface area contributed by atoms with Gasteiger partial charge in [0.15, 0.2) is 0 Å². The summed E-state index contributed by atoms with van der Waals surface area (Å²) in [5.74, 6) is 1.00. The number of nitrogens with zero attached hydrogens (tertiary/aromatic N) is 4. The first-order valence-electron chi connectivity index (χ1n) is 6.98. The Labute approximate surface area is 120 Å². The molecule has 2 aromatic rings. The van der Waals surface area contributed by atoms with Crippen molar-refractivity contribution < 1.29 is 0 Å². The second-order valence-corrected chi connectivity index (χ2v) is 5.24. The fraction of sp³-hybridized carbons (Fsp3) is 0.467. The molecule has 0 saturated heterocycles. The van der Waals surface area contributed by atoms with Gasteiger partial charge in [0.1, 0.15) is 5.82 Å². The minimum Gasteiger partial charge on any atom is -0.355 e. The van der Waals surface area contributed by atoms with Crippen LogP contribution in [0.5, 0.6) is 0 Å². The third kappa shape index (κ3) is 3.57. The lowest BCUT2D eigenvalue weighted by molar-refractivity contribution is 0.643. The van der Waals surface area contributed by atoms with E-state index in [0.717, 1.165) is 25.2 Å². The Hall–Kier alpha value is -1.88. The Morgan fingerprint density at radius 1 is 1.45 bits per heavy atom. The maximum absolute atomic E-state index is 6.07. The average Bonchev–Trinajstić information content (AvgIpc) is 2.84. The van der Waals surface area contributed by atoms with Crippen LogP contribution in [-0.2, 0) is 20.0 Å². The van der Waals surface area contributed by atoms with Crippen molar-refractivity contribution in [2.45, 2.75) is 32.4 Å². The van der Waals surface area contributed by atoms with Gasteiger partial charge < -0.3 is 10.6 Å². The predicted octanol–water partition coefficient (Wildman–Crippen LogP) is 1.73. The number of aryl methyl sites for hydroxylation is 1. The normalized spacial score (nSPS) is 12.4. The molecule has 20 heavy (non-hydrogen) atoms. The van der Waals surface area contributed by atoms with Gasteiger partial charge in [0.2, 0.25) is 0 Å². The van der Waals surface area contributed by atoms with Crippen molar-refractivity contribution in [2.75, 3.05) is 11.9 Å². The first-order valence-corrected chi connectivity index (χ1v) is 6.98. The van der Waals surface area contributed by atoms with Gasteiger partial charge in [-0.1, -0.05) is 13.0 Å². The van der Waals surface area contributed by atoms with Crippen LogP contribution in [0, 0.1) is 0 Å². The van der Waals surface area contributed by atoms with E-state index in [-0.39, 0.29) is 6.04 Å². The average molecular weight is 273 g/mol. The minimum absolute atomic E-state index is 0.185. The van der Waals surface area contributed by atoms with Gasteiger partial charge in [-0.25, -0.2) is 4.98 Å². The number of hydrogen-bond donors (Lipinski definition) is 1. The van der Waals surface area contributed by atoms with Crippen LogP contribution in [0.1, 0.15) is 24.5 Å². The molecule has 1 atom stereocenters. The molecule has 2 N–H and O–H groups in total. The summed E-state index contributed by atoms with van der Waals surface area (Å²) >= 11 is 0. The molecule has 5 heteroatoms. The molecule has 1 unspecified atom stereocenters. The maximum Gasteiger partial charge on any atom is 0.131 e. The molecule has 0 radical (unpaired) electrons. The number of pyridine rings is 1. The summed E-state index contributed by atoms with van der Waals surface area (Å²) in [7, 11) is 3.98. The molecule has 0 aliphatic heterocycles. The van der Waals surface area contributed by atoms with Gasteiger partial charge in [-0.3, -0.25) is 4.68 Å². The first-order chi connectivity index (χ1) is 9.60. The Morgan fingerprint density at radius 2 is 2.25 bits per heavy atom. The van der Waals surface area contributed by atoms with E-state index in [9.17, 15) is 0 Å². The SMILES string of the molecule is CCC(N)Cc1cccnc1N(C)Cc1cnn(C)c1. The molecule has 2 heterocycles. The topological polar surface area (TPSA) is 60.0 Å². The standard InChI is InChI=1S/C15H23N5/c1-4-14(16)8-13-6-5-7-17-15(13)19(2)10-12-9-18-20(3)11-12/h5-7,9,11,14H,4,8,10,16H2,1-3H3.